The summed E-state index contributed by atoms with van der Waals surface area (Å²) in [4.78, 5) is 24.7. The van der Waals surface area contributed by atoms with Gasteiger partial charge in [0.15, 0.2) is 6.04 Å². The first-order chi connectivity index (χ1) is 9.59. The summed E-state index contributed by atoms with van der Waals surface area (Å²) in [6.45, 7) is 0.676. The monoisotopic (exact) mass is 278 g/mol. The predicted octanol–water partition coefficient (Wildman–Crippen LogP) is 0.389. The Bertz CT molecular complexity index is 477. The van der Waals surface area contributed by atoms with E-state index in [1.54, 1.807) is 0 Å². The molecule has 0 bridgehead atoms. The largest absolute Gasteiger partial charge is 0.480 e. The molecule has 2 rings (SSSR count). The zero-order valence-electron chi connectivity index (χ0n) is 11.1. The second-order valence-corrected chi connectivity index (χ2v) is 4.74. The van der Waals surface area contributed by atoms with E-state index in [2.05, 4.69) is 0 Å². The Kier molecular flexibility index (Phi) is 4.70. The van der Waals surface area contributed by atoms with Crippen molar-refractivity contribution in [3.8, 4) is 0 Å². The maximum absolute atomic E-state index is 12.2. The van der Waals surface area contributed by atoms with Crippen molar-refractivity contribution in [3.63, 3.8) is 0 Å². The zero-order chi connectivity index (χ0) is 14.5. The van der Waals surface area contributed by atoms with Gasteiger partial charge in [-0.1, -0.05) is 30.3 Å². The zero-order valence-corrected chi connectivity index (χ0v) is 11.1. The van der Waals surface area contributed by atoms with Crippen LogP contribution in [0.3, 0.4) is 0 Å². The fourth-order valence-corrected chi connectivity index (χ4v) is 2.23. The van der Waals surface area contributed by atoms with Crippen LogP contribution in [0.5, 0.6) is 0 Å². The molecule has 0 aromatic heterocycles. The van der Waals surface area contributed by atoms with Crippen molar-refractivity contribution < 1.29 is 19.4 Å². The Hall–Kier alpha value is -1.92. The normalized spacial score (nSPS) is 20.4. The van der Waals surface area contributed by atoms with Crippen LogP contribution in [0.1, 0.15) is 18.0 Å². The van der Waals surface area contributed by atoms with Crippen molar-refractivity contribution in [2.75, 3.05) is 19.8 Å². The third kappa shape index (κ3) is 3.34. The molecule has 3 N–H and O–H groups in total. The van der Waals surface area contributed by atoms with Crippen molar-refractivity contribution >= 4 is 11.9 Å². The first kappa shape index (κ1) is 14.5. The van der Waals surface area contributed by atoms with E-state index >= 15 is 0 Å². The van der Waals surface area contributed by atoms with E-state index < -0.39 is 18.1 Å². The second kappa shape index (κ2) is 6.49. The molecular weight excluding hydrogens is 260 g/mol. The molecule has 1 aromatic carbocycles. The number of carbonyl (C=O) groups is 2. The highest BCUT2D eigenvalue weighted by Crippen LogP contribution is 2.17. The first-order valence-corrected chi connectivity index (χ1v) is 6.50. The summed E-state index contributed by atoms with van der Waals surface area (Å²) in [7, 11) is 0. The molecule has 6 nitrogen and oxygen atoms in total. The molecule has 1 heterocycles. The van der Waals surface area contributed by atoms with Gasteiger partial charge >= 0.3 is 5.97 Å². The minimum Gasteiger partial charge on any atom is -0.480 e. The Morgan fingerprint density at radius 3 is 2.75 bits per heavy atom. The van der Waals surface area contributed by atoms with Gasteiger partial charge in [-0.3, -0.25) is 4.79 Å². The van der Waals surface area contributed by atoms with E-state index in [1.165, 1.54) is 4.90 Å². The number of hydrogen-bond acceptors (Lipinski definition) is 4. The minimum absolute atomic E-state index is 0.0294. The molecule has 2 unspecified atom stereocenters. The van der Waals surface area contributed by atoms with Crippen molar-refractivity contribution in [3.05, 3.63) is 35.9 Å². The number of nitrogens with two attached hydrogens (primary N) is 1. The lowest BCUT2D eigenvalue weighted by Crippen LogP contribution is -2.53. The topological polar surface area (TPSA) is 92.9 Å². The number of ether oxygens (including phenoxy) is 1. The maximum Gasteiger partial charge on any atom is 0.328 e. The maximum atomic E-state index is 12.2. The second-order valence-electron chi connectivity index (χ2n) is 4.74. The van der Waals surface area contributed by atoms with Crippen molar-refractivity contribution in [1.82, 2.24) is 4.90 Å². The third-order valence-electron chi connectivity index (χ3n) is 3.36. The number of amides is 1. The minimum atomic E-state index is -1.05. The highest BCUT2D eigenvalue weighted by molar-refractivity contribution is 5.84. The molecule has 0 spiro atoms. The van der Waals surface area contributed by atoms with Gasteiger partial charge in [0.05, 0.1) is 13.2 Å². The van der Waals surface area contributed by atoms with Gasteiger partial charge in [-0.15, -0.1) is 0 Å². The van der Waals surface area contributed by atoms with Gasteiger partial charge in [0.2, 0.25) is 5.91 Å². The fraction of sp³-hybridized carbons (Fsp3) is 0.429. The highest BCUT2D eigenvalue weighted by Gasteiger charge is 2.33. The quantitative estimate of drug-likeness (QED) is 0.831. The predicted molar refractivity (Wildman–Crippen MR) is 71.9 cm³/mol. The average Bonchev–Trinajstić information content (AvgIpc) is 2.48. The van der Waals surface area contributed by atoms with Crippen LogP contribution in [0.15, 0.2) is 30.3 Å². The van der Waals surface area contributed by atoms with Crippen molar-refractivity contribution in [2.45, 2.75) is 18.5 Å². The summed E-state index contributed by atoms with van der Waals surface area (Å²) >= 11 is 0. The van der Waals surface area contributed by atoms with Crippen LogP contribution in [-0.2, 0) is 14.3 Å². The van der Waals surface area contributed by atoms with Crippen molar-refractivity contribution in [2.24, 2.45) is 5.73 Å². The summed E-state index contributed by atoms with van der Waals surface area (Å²) in [6.07, 6.45) is 0.0911. The van der Waals surface area contributed by atoms with E-state index in [1.807, 2.05) is 30.3 Å². The van der Waals surface area contributed by atoms with E-state index in [0.717, 1.165) is 5.56 Å². The fourth-order valence-electron chi connectivity index (χ4n) is 2.23. The van der Waals surface area contributed by atoms with Crippen LogP contribution in [0.2, 0.25) is 0 Å². The number of nitrogens with zero attached hydrogens (tertiary/aromatic N) is 1. The van der Waals surface area contributed by atoms with Gasteiger partial charge in [0, 0.05) is 19.0 Å². The molecule has 1 saturated heterocycles. The van der Waals surface area contributed by atoms with E-state index in [0.29, 0.717) is 6.61 Å². The molecule has 2 atom stereocenters. The molecule has 20 heavy (non-hydrogen) atoms. The van der Waals surface area contributed by atoms with Crippen LogP contribution in [0.4, 0.5) is 0 Å². The Morgan fingerprint density at radius 2 is 2.10 bits per heavy atom. The SMILES string of the molecule is NC(CC(=O)N1CCOCC1C(=O)O)c1ccccc1. The third-order valence-corrected chi connectivity index (χ3v) is 3.36. The number of benzene rings is 1. The van der Waals surface area contributed by atoms with Gasteiger partial charge in [0.1, 0.15) is 0 Å². The smallest absolute Gasteiger partial charge is 0.328 e. The van der Waals surface area contributed by atoms with Gasteiger partial charge in [-0.05, 0) is 5.56 Å². The molecular formula is C14H18N2O4. The molecule has 0 aliphatic carbocycles. The van der Waals surface area contributed by atoms with E-state index in [-0.39, 0.29) is 25.5 Å². The number of carboxylic acids is 1. The van der Waals surface area contributed by atoms with Crippen LogP contribution in [0.25, 0.3) is 0 Å². The lowest BCUT2D eigenvalue weighted by molar-refractivity contribution is -0.158. The highest BCUT2D eigenvalue weighted by atomic mass is 16.5. The van der Waals surface area contributed by atoms with Crippen molar-refractivity contribution in [1.29, 1.82) is 0 Å². The molecule has 6 heteroatoms. The molecule has 0 saturated carbocycles. The standard InChI is InChI=1S/C14H18N2O4/c15-11(10-4-2-1-3-5-10)8-13(17)16-6-7-20-9-12(16)14(18)19/h1-5,11-12H,6-9,15H2,(H,18,19). The molecule has 1 aliphatic rings. The summed E-state index contributed by atoms with van der Waals surface area (Å²) in [5.74, 6) is -1.30. The number of aliphatic carboxylic acids is 1. The average molecular weight is 278 g/mol. The van der Waals surface area contributed by atoms with Crippen LogP contribution >= 0.6 is 0 Å². The number of hydrogen-bond donors (Lipinski definition) is 2. The summed E-state index contributed by atoms with van der Waals surface area (Å²) in [6, 6.07) is 7.95. The van der Waals surface area contributed by atoms with Crippen LogP contribution in [-0.4, -0.2) is 47.7 Å². The number of morpholine rings is 1. The summed E-state index contributed by atoms with van der Waals surface area (Å²) < 4.78 is 5.11. The molecule has 0 radical (unpaired) electrons. The first-order valence-electron chi connectivity index (χ1n) is 6.50. The van der Waals surface area contributed by atoms with Crippen LogP contribution < -0.4 is 5.73 Å². The van der Waals surface area contributed by atoms with Crippen LogP contribution in [0, 0.1) is 0 Å². The number of carbonyl (C=O) groups excluding carboxylic acids is 1. The summed E-state index contributed by atoms with van der Waals surface area (Å²) in [5, 5.41) is 9.10. The number of carboxylic acid groups (broad SMARTS) is 1. The molecule has 108 valence electrons. The molecule has 1 aromatic rings. The lowest BCUT2D eigenvalue weighted by Gasteiger charge is -2.33. The van der Waals surface area contributed by atoms with E-state index in [9.17, 15) is 9.59 Å². The van der Waals surface area contributed by atoms with Gasteiger partial charge in [0.25, 0.3) is 0 Å². The molecule has 1 fully saturated rings. The van der Waals surface area contributed by atoms with Gasteiger partial charge in [-0.2, -0.15) is 0 Å². The molecule has 1 amide bonds. The number of rotatable bonds is 4. The Morgan fingerprint density at radius 1 is 1.40 bits per heavy atom. The van der Waals surface area contributed by atoms with Gasteiger partial charge < -0.3 is 20.5 Å². The Labute approximate surface area is 117 Å². The van der Waals surface area contributed by atoms with Gasteiger partial charge in [-0.25, -0.2) is 4.79 Å². The molecule has 1 aliphatic heterocycles. The Balaban J connectivity index is 2.01. The lowest BCUT2D eigenvalue weighted by atomic mass is 10.0. The van der Waals surface area contributed by atoms with E-state index in [4.69, 9.17) is 15.6 Å². The summed E-state index contributed by atoms with van der Waals surface area (Å²) in [5.41, 5.74) is 6.86.